The van der Waals surface area contributed by atoms with Crippen LogP contribution < -0.4 is 4.74 Å². The quantitative estimate of drug-likeness (QED) is 0.916. The Balaban J connectivity index is 1.81. The molecule has 1 aliphatic heterocycles. The number of carboxylic acids is 1. The first-order valence-corrected chi connectivity index (χ1v) is 6.25. The second-order valence-electron chi connectivity index (χ2n) is 4.65. The number of carbonyl (C=O) groups is 1. The molecule has 2 aromatic rings. The number of benzene rings is 1. The van der Waals surface area contributed by atoms with Gasteiger partial charge in [0.25, 0.3) is 0 Å². The highest BCUT2D eigenvalue weighted by atomic mass is 16.6. The molecule has 0 aliphatic carbocycles. The summed E-state index contributed by atoms with van der Waals surface area (Å²) in [5.74, 6) is -0.250. The molecular formula is C14H14N2O4. The fourth-order valence-corrected chi connectivity index (χ4v) is 2.02. The average molecular weight is 274 g/mol. The number of nitrogens with zero attached hydrogens (tertiary/aromatic N) is 2. The van der Waals surface area contributed by atoms with Gasteiger partial charge in [-0.25, -0.2) is 4.79 Å². The van der Waals surface area contributed by atoms with Gasteiger partial charge in [-0.3, -0.25) is 4.68 Å². The van der Waals surface area contributed by atoms with E-state index in [-0.39, 0.29) is 11.8 Å². The van der Waals surface area contributed by atoms with Gasteiger partial charge in [0.2, 0.25) is 0 Å². The number of carboxylic acid groups (broad SMARTS) is 1. The predicted molar refractivity (Wildman–Crippen MR) is 70.8 cm³/mol. The fraction of sp³-hybridized carbons (Fsp3) is 0.286. The second-order valence-corrected chi connectivity index (χ2v) is 4.65. The normalized spacial score (nSPS) is 14.8. The van der Waals surface area contributed by atoms with E-state index in [4.69, 9.17) is 14.6 Å². The Kier molecular flexibility index (Phi) is 3.15. The summed E-state index contributed by atoms with van der Waals surface area (Å²) in [5, 5.41) is 12.9. The minimum Gasteiger partial charge on any atom is -0.486 e. The third-order valence-electron chi connectivity index (χ3n) is 3.16. The van der Waals surface area contributed by atoms with E-state index in [1.165, 1.54) is 0 Å². The summed E-state index contributed by atoms with van der Waals surface area (Å²) in [6.45, 7) is 1.26. The first-order chi connectivity index (χ1) is 9.63. The molecule has 0 unspecified atom stereocenters. The van der Waals surface area contributed by atoms with Crippen molar-refractivity contribution in [1.29, 1.82) is 0 Å². The number of ether oxygens (including phenoxy) is 2. The van der Waals surface area contributed by atoms with Gasteiger partial charge in [0.15, 0.2) is 5.69 Å². The van der Waals surface area contributed by atoms with Gasteiger partial charge in [-0.15, -0.1) is 0 Å². The maximum atomic E-state index is 10.9. The Morgan fingerprint density at radius 3 is 2.60 bits per heavy atom. The van der Waals surface area contributed by atoms with Crippen molar-refractivity contribution in [3.05, 3.63) is 36.0 Å². The van der Waals surface area contributed by atoms with Crippen LogP contribution in [-0.2, 0) is 11.8 Å². The molecule has 1 aromatic heterocycles. The number of aromatic carboxylic acids is 1. The molecule has 20 heavy (non-hydrogen) atoms. The molecule has 1 saturated heterocycles. The second kappa shape index (κ2) is 4.97. The van der Waals surface area contributed by atoms with Crippen LogP contribution in [0.2, 0.25) is 0 Å². The van der Waals surface area contributed by atoms with E-state index in [1.807, 2.05) is 24.3 Å². The van der Waals surface area contributed by atoms with Gasteiger partial charge < -0.3 is 14.6 Å². The fourth-order valence-electron chi connectivity index (χ4n) is 2.02. The van der Waals surface area contributed by atoms with Crippen LogP contribution in [0.5, 0.6) is 5.75 Å². The Labute approximate surface area is 115 Å². The minimum atomic E-state index is -1.03. The smallest absolute Gasteiger partial charge is 0.356 e. The zero-order valence-corrected chi connectivity index (χ0v) is 10.9. The largest absolute Gasteiger partial charge is 0.486 e. The Bertz CT molecular complexity index is 629. The molecule has 0 bridgehead atoms. The number of hydrogen-bond acceptors (Lipinski definition) is 4. The monoisotopic (exact) mass is 274 g/mol. The summed E-state index contributed by atoms with van der Waals surface area (Å²) in [6, 6.07) is 9.05. The summed E-state index contributed by atoms with van der Waals surface area (Å²) in [6.07, 6.45) is 0.135. The van der Waals surface area contributed by atoms with Crippen LogP contribution in [0.1, 0.15) is 10.5 Å². The van der Waals surface area contributed by atoms with Crippen molar-refractivity contribution in [3.8, 4) is 17.0 Å². The highest BCUT2D eigenvalue weighted by Gasteiger charge is 2.20. The van der Waals surface area contributed by atoms with Gasteiger partial charge in [-0.05, 0) is 30.3 Å². The van der Waals surface area contributed by atoms with Crippen molar-refractivity contribution in [3.63, 3.8) is 0 Å². The van der Waals surface area contributed by atoms with Crippen molar-refractivity contribution < 1.29 is 19.4 Å². The van der Waals surface area contributed by atoms with Crippen LogP contribution in [0.3, 0.4) is 0 Å². The zero-order chi connectivity index (χ0) is 14.1. The van der Waals surface area contributed by atoms with E-state index in [2.05, 4.69) is 5.10 Å². The summed E-state index contributed by atoms with van der Waals surface area (Å²) in [4.78, 5) is 10.9. The Morgan fingerprint density at radius 1 is 1.40 bits per heavy atom. The third kappa shape index (κ3) is 2.37. The molecule has 0 saturated carbocycles. The SMILES string of the molecule is Cn1nc(C(=O)O)cc1-c1ccc(OC2COC2)cc1. The molecule has 0 radical (unpaired) electrons. The van der Waals surface area contributed by atoms with Gasteiger partial charge in [0.05, 0.1) is 18.9 Å². The molecule has 1 aromatic carbocycles. The Hall–Kier alpha value is -2.34. The van der Waals surface area contributed by atoms with E-state index >= 15 is 0 Å². The molecule has 0 atom stereocenters. The van der Waals surface area contributed by atoms with Gasteiger partial charge in [0.1, 0.15) is 11.9 Å². The summed E-state index contributed by atoms with van der Waals surface area (Å²) in [7, 11) is 1.72. The number of rotatable bonds is 4. The molecule has 2 heterocycles. The van der Waals surface area contributed by atoms with Gasteiger partial charge in [-0.1, -0.05) is 0 Å². The molecule has 3 rings (SSSR count). The average Bonchev–Trinajstić information content (AvgIpc) is 2.77. The van der Waals surface area contributed by atoms with Crippen LogP contribution in [0.25, 0.3) is 11.3 Å². The van der Waals surface area contributed by atoms with Crippen LogP contribution in [0.15, 0.2) is 30.3 Å². The lowest BCUT2D eigenvalue weighted by molar-refractivity contribution is -0.0796. The lowest BCUT2D eigenvalue weighted by Gasteiger charge is -2.26. The minimum absolute atomic E-state index is 0.0365. The molecule has 0 amide bonds. The summed E-state index contributed by atoms with van der Waals surface area (Å²) in [5.41, 5.74) is 1.68. The van der Waals surface area contributed by atoms with Crippen LogP contribution in [0, 0.1) is 0 Å². The molecule has 1 N–H and O–H groups in total. The van der Waals surface area contributed by atoms with Crippen molar-refractivity contribution in [1.82, 2.24) is 9.78 Å². The van der Waals surface area contributed by atoms with Crippen molar-refractivity contribution in [2.75, 3.05) is 13.2 Å². The van der Waals surface area contributed by atoms with Crippen molar-refractivity contribution in [2.45, 2.75) is 6.10 Å². The predicted octanol–water partition coefficient (Wildman–Crippen LogP) is 1.56. The first kappa shape index (κ1) is 12.7. The molecule has 1 aliphatic rings. The third-order valence-corrected chi connectivity index (χ3v) is 3.16. The zero-order valence-electron chi connectivity index (χ0n) is 10.9. The van der Waals surface area contributed by atoms with Crippen LogP contribution >= 0.6 is 0 Å². The maximum Gasteiger partial charge on any atom is 0.356 e. The Morgan fingerprint density at radius 2 is 2.10 bits per heavy atom. The summed E-state index contributed by atoms with van der Waals surface area (Å²) < 4.78 is 12.3. The number of aromatic nitrogens is 2. The van der Waals surface area contributed by atoms with E-state index in [0.717, 1.165) is 17.0 Å². The maximum absolute atomic E-state index is 10.9. The standard InChI is InChI=1S/C14H14N2O4/c1-16-13(6-12(15-16)14(17)18)9-2-4-10(5-3-9)20-11-7-19-8-11/h2-6,11H,7-8H2,1H3,(H,17,18). The molecule has 6 nitrogen and oxygen atoms in total. The van der Waals surface area contributed by atoms with E-state index in [9.17, 15) is 4.79 Å². The van der Waals surface area contributed by atoms with Crippen LogP contribution in [-0.4, -0.2) is 40.2 Å². The topological polar surface area (TPSA) is 73.6 Å². The van der Waals surface area contributed by atoms with E-state index < -0.39 is 5.97 Å². The molecule has 6 heteroatoms. The molecule has 1 fully saturated rings. The highest BCUT2D eigenvalue weighted by molar-refractivity contribution is 5.87. The number of aryl methyl sites for hydroxylation is 1. The van der Waals surface area contributed by atoms with E-state index in [1.54, 1.807) is 17.8 Å². The van der Waals surface area contributed by atoms with Gasteiger partial charge in [0, 0.05) is 12.6 Å². The lowest BCUT2D eigenvalue weighted by atomic mass is 10.1. The van der Waals surface area contributed by atoms with Crippen molar-refractivity contribution >= 4 is 5.97 Å². The highest BCUT2D eigenvalue weighted by Crippen LogP contribution is 2.24. The summed E-state index contributed by atoms with van der Waals surface area (Å²) >= 11 is 0. The van der Waals surface area contributed by atoms with Crippen molar-refractivity contribution in [2.24, 2.45) is 7.05 Å². The molecular weight excluding hydrogens is 260 g/mol. The van der Waals surface area contributed by atoms with E-state index in [0.29, 0.717) is 13.2 Å². The molecule has 0 spiro atoms. The van der Waals surface area contributed by atoms with Gasteiger partial charge in [-0.2, -0.15) is 5.10 Å². The molecule has 104 valence electrons. The van der Waals surface area contributed by atoms with Crippen LogP contribution in [0.4, 0.5) is 0 Å². The first-order valence-electron chi connectivity index (χ1n) is 6.25. The number of hydrogen-bond donors (Lipinski definition) is 1. The van der Waals surface area contributed by atoms with Gasteiger partial charge >= 0.3 is 5.97 Å². The lowest BCUT2D eigenvalue weighted by Crippen LogP contribution is -2.38.